The molecular weight excluding hydrogens is 334 g/mol. The zero-order chi connectivity index (χ0) is 18.0. The Balaban J connectivity index is 1.82. The molecule has 0 radical (unpaired) electrons. The second-order valence-electron chi connectivity index (χ2n) is 5.98. The van der Waals surface area contributed by atoms with Gasteiger partial charge >= 0.3 is 0 Å². The van der Waals surface area contributed by atoms with Gasteiger partial charge in [-0.3, -0.25) is 14.5 Å². The molecule has 5 heteroatoms. The normalized spacial score (nSPS) is 16.0. The average molecular weight is 353 g/mol. The molecule has 2 aromatic carbocycles. The van der Waals surface area contributed by atoms with E-state index in [0.717, 1.165) is 39.8 Å². The Kier molecular flexibility index (Phi) is 4.95. The van der Waals surface area contributed by atoms with Crippen molar-refractivity contribution in [2.45, 2.75) is 20.4 Å². The third-order valence-corrected chi connectivity index (χ3v) is 4.97. The molecule has 0 saturated carbocycles. The van der Waals surface area contributed by atoms with Crippen LogP contribution in [0.4, 0.5) is 4.79 Å². The topological polar surface area (TPSA) is 46.6 Å². The smallest absolute Gasteiger partial charge is 0.293 e. The molecular formula is C20H19NO3S. The van der Waals surface area contributed by atoms with Crippen LogP contribution in [0.2, 0.25) is 0 Å². The first-order valence-corrected chi connectivity index (χ1v) is 8.75. The van der Waals surface area contributed by atoms with Gasteiger partial charge in [-0.1, -0.05) is 42.0 Å². The molecule has 0 unspecified atom stereocenters. The van der Waals surface area contributed by atoms with Crippen LogP contribution < -0.4 is 4.74 Å². The van der Waals surface area contributed by atoms with Crippen molar-refractivity contribution in [3.63, 3.8) is 0 Å². The van der Waals surface area contributed by atoms with Crippen molar-refractivity contribution in [1.82, 2.24) is 4.90 Å². The van der Waals surface area contributed by atoms with Crippen molar-refractivity contribution in [3.8, 4) is 5.75 Å². The lowest BCUT2D eigenvalue weighted by molar-refractivity contribution is -0.123. The van der Waals surface area contributed by atoms with Crippen molar-refractivity contribution in [3.05, 3.63) is 69.6 Å². The van der Waals surface area contributed by atoms with Gasteiger partial charge in [0.05, 0.1) is 18.6 Å². The highest BCUT2D eigenvalue weighted by atomic mass is 32.2. The fourth-order valence-corrected chi connectivity index (χ4v) is 3.43. The molecule has 128 valence electrons. The molecule has 1 heterocycles. The molecule has 1 saturated heterocycles. The first-order valence-electron chi connectivity index (χ1n) is 7.93. The lowest BCUT2D eigenvalue weighted by atomic mass is 10.1. The summed E-state index contributed by atoms with van der Waals surface area (Å²) < 4.78 is 5.31. The predicted molar refractivity (Wildman–Crippen MR) is 100 cm³/mol. The Morgan fingerprint density at radius 1 is 1.08 bits per heavy atom. The third kappa shape index (κ3) is 3.77. The highest BCUT2D eigenvalue weighted by molar-refractivity contribution is 8.18. The number of ether oxygens (including phenoxy) is 1. The molecule has 0 bridgehead atoms. The fourth-order valence-electron chi connectivity index (χ4n) is 2.59. The van der Waals surface area contributed by atoms with Crippen LogP contribution in [0.3, 0.4) is 0 Å². The SMILES string of the molecule is COc1cc(/C=C2\SC(=O)N(Cc3ccc(C)cc3)C2=O)ccc1C. The van der Waals surface area contributed by atoms with Crippen molar-refractivity contribution in [1.29, 1.82) is 0 Å². The largest absolute Gasteiger partial charge is 0.496 e. The molecule has 2 amide bonds. The molecule has 0 atom stereocenters. The van der Waals surface area contributed by atoms with E-state index in [4.69, 9.17) is 4.74 Å². The zero-order valence-corrected chi connectivity index (χ0v) is 15.2. The lowest BCUT2D eigenvalue weighted by Gasteiger charge is -2.12. The molecule has 1 aliphatic rings. The van der Waals surface area contributed by atoms with E-state index in [2.05, 4.69) is 0 Å². The minimum atomic E-state index is -0.255. The quantitative estimate of drug-likeness (QED) is 0.757. The van der Waals surface area contributed by atoms with Crippen LogP contribution in [-0.4, -0.2) is 23.2 Å². The summed E-state index contributed by atoms with van der Waals surface area (Å²) in [5.74, 6) is 0.503. The molecule has 2 aromatic rings. The van der Waals surface area contributed by atoms with E-state index in [9.17, 15) is 9.59 Å². The van der Waals surface area contributed by atoms with Crippen molar-refractivity contribution in [2.24, 2.45) is 0 Å². The number of carbonyl (C=O) groups is 2. The molecule has 1 fully saturated rings. The van der Waals surface area contributed by atoms with Crippen LogP contribution in [-0.2, 0) is 11.3 Å². The van der Waals surface area contributed by atoms with Crippen LogP contribution in [0.1, 0.15) is 22.3 Å². The van der Waals surface area contributed by atoms with Gasteiger partial charge in [-0.2, -0.15) is 0 Å². The van der Waals surface area contributed by atoms with Gasteiger partial charge in [-0.15, -0.1) is 0 Å². The van der Waals surface area contributed by atoms with Crippen LogP contribution in [0.15, 0.2) is 47.4 Å². The summed E-state index contributed by atoms with van der Waals surface area (Å²) in [7, 11) is 1.61. The van der Waals surface area contributed by atoms with Crippen LogP contribution in [0.25, 0.3) is 6.08 Å². The predicted octanol–water partition coefficient (Wildman–Crippen LogP) is 4.55. The minimum Gasteiger partial charge on any atom is -0.496 e. The molecule has 0 N–H and O–H groups in total. The van der Waals surface area contributed by atoms with Crippen LogP contribution >= 0.6 is 11.8 Å². The second kappa shape index (κ2) is 7.15. The monoisotopic (exact) mass is 353 g/mol. The highest BCUT2D eigenvalue weighted by Crippen LogP contribution is 2.34. The van der Waals surface area contributed by atoms with Crippen molar-refractivity contribution < 1.29 is 14.3 Å². The van der Waals surface area contributed by atoms with Gasteiger partial charge in [0, 0.05) is 0 Å². The standard InChI is InChI=1S/C20H19NO3S/c1-13-4-7-15(8-5-13)12-21-19(22)18(25-20(21)23)11-16-9-6-14(2)17(10-16)24-3/h4-11H,12H2,1-3H3/b18-11-. The number of aryl methyl sites for hydroxylation is 2. The number of hydrogen-bond acceptors (Lipinski definition) is 4. The first kappa shape index (κ1) is 17.3. The van der Waals surface area contributed by atoms with E-state index < -0.39 is 0 Å². The van der Waals surface area contributed by atoms with E-state index in [1.165, 1.54) is 4.90 Å². The number of rotatable bonds is 4. The van der Waals surface area contributed by atoms with E-state index in [0.29, 0.717) is 11.4 Å². The van der Waals surface area contributed by atoms with E-state index in [1.807, 2.05) is 56.3 Å². The van der Waals surface area contributed by atoms with Gasteiger partial charge in [0.25, 0.3) is 11.1 Å². The summed E-state index contributed by atoms with van der Waals surface area (Å²) in [4.78, 5) is 26.6. The van der Waals surface area contributed by atoms with Gasteiger partial charge in [0.15, 0.2) is 0 Å². The van der Waals surface area contributed by atoms with Gasteiger partial charge in [-0.05, 0) is 54.4 Å². The third-order valence-electron chi connectivity index (χ3n) is 4.06. The summed E-state index contributed by atoms with van der Waals surface area (Å²) in [5, 5.41) is -0.240. The Morgan fingerprint density at radius 2 is 1.80 bits per heavy atom. The second-order valence-corrected chi connectivity index (χ2v) is 6.98. The summed E-state index contributed by atoms with van der Waals surface area (Å²) in [6.07, 6.45) is 1.74. The number of nitrogens with zero attached hydrogens (tertiary/aromatic N) is 1. The van der Waals surface area contributed by atoms with Crippen LogP contribution in [0.5, 0.6) is 5.75 Å². The lowest BCUT2D eigenvalue weighted by Crippen LogP contribution is -2.27. The number of carbonyl (C=O) groups excluding carboxylic acids is 2. The average Bonchev–Trinajstić information content (AvgIpc) is 2.86. The number of amides is 2. The Bertz CT molecular complexity index is 856. The van der Waals surface area contributed by atoms with Gasteiger partial charge in [0.1, 0.15) is 5.75 Å². The molecule has 3 rings (SSSR count). The maximum atomic E-state index is 12.6. The molecule has 25 heavy (non-hydrogen) atoms. The zero-order valence-electron chi connectivity index (χ0n) is 14.4. The molecule has 0 spiro atoms. The molecule has 1 aliphatic heterocycles. The Labute approximate surface area is 151 Å². The number of imide groups is 1. The number of hydrogen-bond donors (Lipinski definition) is 0. The summed E-state index contributed by atoms with van der Waals surface area (Å²) in [6.45, 7) is 4.25. The van der Waals surface area contributed by atoms with E-state index >= 15 is 0 Å². The first-order chi connectivity index (χ1) is 12.0. The number of methoxy groups -OCH3 is 1. The van der Waals surface area contributed by atoms with Crippen molar-refractivity contribution >= 4 is 29.0 Å². The minimum absolute atomic E-state index is 0.240. The molecule has 0 aliphatic carbocycles. The number of thioether (sulfide) groups is 1. The maximum Gasteiger partial charge on any atom is 0.293 e. The summed E-state index contributed by atoms with van der Waals surface area (Å²) in [5.41, 5.74) is 3.94. The van der Waals surface area contributed by atoms with E-state index in [-0.39, 0.29) is 11.1 Å². The maximum absolute atomic E-state index is 12.6. The molecule has 4 nitrogen and oxygen atoms in total. The Morgan fingerprint density at radius 3 is 2.48 bits per heavy atom. The summed E-state index contributed by atoms with van der Waals surface area (Å²) >= 11 is 0.974. The Hall–Kier alpha value is -2.53. The molecule has 0 aromatic heterocycles. The van der Waals surface area contributed by atoms with Gasteiger partial charge in [-0.25, -0.2) is 0 Å². The number of benzene rings is 2. The van der Waals surface area contributed by atoms with Gasteiger partial charge < -0.3 is 4.74 Å². The fraction of sp³-hybridized carbons (Fsp3) is 0.200. The van der Waals surface area contributed by atoms with Crippen LogP contribution in [0, 0.1) is 13.8 Å². The van der Waals surface area contributed by atoms with Crippen molar-refractivity contribution in [2.75, 3.05) is 7.11 Å². The highest BCUT2D eigenvalue weighted by Gasteiger charge is 2.34. The van der Waals surface area contributed by atoms with Gasteiger partial charge in [0.2, 0.25) is 0 Å². The summed E-state index contributed by atoms with van der Waals surface area (Å²) in [6, 6.07) is 13.5. The van der Waals surface area contributed by atoms with E-state index in [1.54, 1.807) is 13.2 Å².